The molecule has 0 aromatic heterocycles. The molecule has 0 saturated carbocycles. The molecule has 1 aliphatic rings. The lowest BCUT2D eigenvalue weighted by Crippen LogP contribution is -2.48. The van der Waals surface area contributed by atoms with E-state index in [0.29, 0.717) is 0 Å². The lowest BCUT2D eigenvalue weighted by atomic mass is 10.4. The van der Waals surface area contributed by atoms with Gasteiger partial charge in [0.15, 0.2) is 0 Å². The third-order valence-electron chi connectivity index (χ3n) is 1.28. The summed E-state index contributed by atoms with van der Waals surface area (Å²) >= 11 is -2.68. The van der Waals surface area contributed by atoms with Crippen molar-refractivity contribution in [3.63, 3.8) is 0 Å². The van der Waals surface area contributed by atoms with Crippen LogP contribution >= 0.6 is 0 Å². The Labute approximate surface area is 71.4 Å². The van der Waals surface area contributed by atoms with E-state index in [9.17, 15) is 0 Å². The third-order valence-corrected chi connectivity index (χ3v) is 6.15. The normalized spacial score (nSPS) is 25.2. The highest BCUT2D eigenvalue weighted by molar-refractivity contribution is 6.58. The van der Waals surface area contributed by atoms with Crippen LogP contribution in [0.2, 0.25) is 11.6 Å². The lowest BCUT2D eigenvalue weighted by Gasteiger charge is -2.37. The molecule has 0 aliphatic carbocycles. The predicted molar refractivity (Wildman–Crippen MR) is 40.6 cm³/mol. The molecule has 0 amide bonds. The predicted octanol–water partition coefficient (Wildman–Crippen LogP) is 1.02. The molecule has 0 radical (unpaired) electrons. The molecule has 0 spiro atoms. The van der Waals surface area contributed by atoms with E-state index < -0.39 is 29.6 Å². The Morgan fingerprint density at radius 2 is 1.40 bits per heavy atom. The van der Waals surface area contributed by atoms with Crippen molar-refractivity contribution in [3.05, 3.63) is 0 Å². The Bertz CT molecular complexity index is 116. The second-order valence-electron chi connectivity index (χ2n) is 2.91. The topological polar surface area (TPSA) is 27.7 Å². The van der Waals surface area contributed by atoms with Crippen LogP contribution in [-0.2, 0) is 10.4 Å². The zero-order valence-electron chi connectivity index (χ0n) is 6.88. The van der Waals surface area contributed by atoms with Gasteiger partial charge in [-0.05, 0) is 13.8 Å². The fourth-order valence-corrected chi connectivity index (χ4v) is 5.58. The van der Waals surface area contributed by atoms with Crippen molar-refractivity contribution in [3.8, 4) is 0 Å². The largest absolute Gasteiger partial charge is 0.643 e. The zero-order chi connectivity index (χ0) is 7.78. The smallest absolute Gasteiger partial charge is 0.592 e. The van der Waals surface area contributed by atoms with Crippen LogP contribution in [0.5, 0.6) is 0 Å². The van der Waals surface area contributed by atoms with Crippen LogP contribution in [0, 0.1) is 0 Å². The maximum atomic E-state index is 5.47. The molecule has 0 atom stereocenters. The molecule has 1 heterocycles. The zero-order valence-corrected chi connectivity index (χ0v) is 9.19. The van der Waals surface area contributed by atoms with Crippen LogP contribution in [0.4, 0.5) is 0 Å². The van der Waals surface area contributed by atoms with E-state index in [4.69, 9.17) is 10.4 Å². The van der Waals surface area contributed by atoms with Gasteiger partial charge in [-0.3, -0.25) is 0 Å². The molecule has 5 heteroatoms. The van der Waals surface area contributed by atoms with Gasteiger partial charge in [0.25, 0.3) is 0 Å². The van der Waals surface area contributed by atoms with Gasteiger partial charge in [-0.2, -0.15) is 0 Å². The van der Waals surface area contributed by atoms with E-state index in [0.717, 1.165) is 0 Å². The van der Waals surface area contributed by atoms with Crippen molar-refractivity contribution < 1.29 is 10.4 Å². The van der Waals surface area contributed by atoms with Crippen molar-refractivity contribution in [1.82, 2.24) is 0 Å². The summed E-state index contributed by atoms with van der Waals surface area (Å²) in [5.41, 5.74) is 0. The van der Waals surface area contributed by atoms with E-state index >= 15 is 0 Å². The Balaban J connectivity index is 2.51. The molecule has 0 bridgehead atoms. The van der Waals surface area contributed by atoms with Crippen LogP contribution < -0.4 is 0 Å². The molecule has 1 aliphatic heterocycles. The van der Waals surface area contributed by atoms with Gasteiger partial charge < -0.3 is 10.4 Å². The van der Waals surface area contributed by atoms with Crippen LogP contribution in [0.25, 0.3) is 0 Å². The fraction of sp³-hybridized carbons (Fsp3) is 1.00. The summed E-state index contributed by atoms with van der Waals surface area (Å²) in [6, 6.07) is 0. The van der Waals surface area contributed by atoms with Gasteiger partial charge in [0, 0.05) is 0 Å². The monoisotopic (exact) mass is 174 g/mol. The van der Waals surface area contributed by atoms with E-state index in [1.807, 2.05) is 25.4 Å². The van der Waals surface area contributed by atoms with Gasteiger partial charge >= 0.3 is 29.6 Å². The van der Waals surface area contributed by atoms with Crippen molar-refractivity contribution in [1.29, 1.82) is 0 Å². The van der Waals surface area contributed by atoms with E-state index in [1.54, 1.807) is 0 Å². The first-order valence-corrected chi connectivity index (χ1v) is 7.70. The molecular weight excluding hydrogens is 162 g/mol. The van der Waals surface area contributed by atoms with E-state index in [2.05, 4.69) is 0 Å². The van der Waals surface area contributed by atoms with Crippen LogP contribution in [0.1, 0.15) is 13.8 Å². The first kappa shape index (κ1) is 9.04. The Morgan fingerprint density at radius 3 is 1.70 bits per heavy atom. The minimum atomic E-state index is -1.34. The van der Waals surface area contributed by atoms with Gasteiger partial charge in [0.1, 0.15) is 5.79 Å². The van der Waals surface area contributed by atoms with Crippen LogP contribution in [-0.4, -0.2) is 35.4 Å². The summed E-state index contributed by atoms with van der Waals surface area (Å²) < 4.78 is 16.4. The maximum absolute atomic E-state index is 5.47. The van der Waals surface area contributed by atoms with Crippen molar-refractivity contribution in [2.75, 3.05) is 0 Å². The molecule has 1 saturated heterocycles. The molecule has 0 aromatic carbocycles. The third kappa shape index (κ3) is 2.53. The van der Waals surface area contributed by atoms with Gasteiger partial charge in [0.2, 0.25) is 0 Å². The molecule has 0 aromatic rings. The number of hydrogen-bond acceptors (Lipinski definition) is 3. The van der Waals surface area contributed by atoms with E-state index in [-0.39, 0.29) is 5.79 Å². The minimum absolute atomic E-state index is 0.379. The van der Waals surface area contributed by atoms with Crippen molar-refractivity contribution >= 4 is 29.6 Å². The standard InChI is InChI=1S/C3H6O2.2CH3.2Al.O/c1-3(2,4)5;;;;;/h1-2H3;2*1H3;;;/q-2;;;2*+1;. The van der Waals surface area contributed by atoms with Crippen molar-refractivity contribution in [2.45, 2.75) is 31.2 Å². The summed E-state index contributed by atoms with van der Waals surface area (Å²) in [6.45, 7) is 3.89. The lowest BCUT2D eigenvalue weighted by molar-refractivity contribution is -0.125. The summed E-state index contributed by atoms with van der Waals surface area (Å²) in [5, 5.41) is 0. The highest BCUT2D eigenvalue weighted by Crippen LogP contribution is 2.20. The quantitative estimate of drug-likeness (QED) is 0.513. The maximum Gasteiger partial charge on any atom is 0.643 e. The van der Waals surface area contributed by atoms with E-state index in [1.165, 1.54) is 0 Å². The second-order valence-corrected chi connectivity index (χ2v) is 6.74. The van der Waals surface area contributed by atoms with Gasteiger partial charge in [-0.1, -0.05) is 11.6 Å². The molecule has 56 valence electrons. The summed E-state index contributed by atoms with van der Waals surface area (Å²) in [5.74, 6) is 3.69. The fourth-order valence-electron chi connectivity index (χ4n) is 1.15. The van der Waals surface area contributed by atoms with Crippen molar-refractivity contribution in [2.24, 2.45) is 0 Å². The highest BCUT2D eigenvalue weighted by atomic mass is 27.3. The number of rotatable bonds is 0. The summed E-state index contributed by atoms with van der Waals surface area (Å²) in [7, 11) is 0. The molecule has 1 rings (SSSR count). The average Bonchev–Trinajstić information content (AvgIpc) is 1.54. The SMILES string of the molecule is [CH3][Al]1[O][Al]([CH3])[O]C(C)(C)[O]1. The average molecular weight is 174 g/mol. The van der Waals surface area contributed by atoms with Gasteiger partial charge in [0.05, 0.1) is 0 Å². The summed E-state index contributed by atoms with van der Waals surface area (Å²) in [4.78, 5) is 0. The van der Waals surface area contributed by atoms with Gasteiger partial charge in [-0.15, -0.1) is 0 Å². The second kappa shape index (κ2) is 3.13. The first-order valence-electron chi connectivity index (χ1n) is 3.51. The first-order chi connectivity index (χ1) is 4.49. The van der Waals surface area contributed by atoms with Crippen LogP contribution in [0.15, 0.2) is 0 Å². The van der Waals surface area contributed by atoms with Gasteiger partial charge in [-0.25, -0.2) is 0 Å². The molecule has 3 nitrogen and oxygen atoms in total. The molecule has 10 heavy (non-hydrogen) atoms. The summed E-state index contributed by atoms with van der Waals surface area (Å²) in [6.07, 6.45) is 0. The Morgan fingerprint density at radius 1 is 1.00 bits per heavy atom. The molecule has 1 fully saturated rings. The number of hydrogen-bond donors (Lipinski definition) is 0. The van der Waals surface area contributed by atoms with Crippen LogP contribution in [0.3, 0.4) is 0 Å². The minimum Gasteiger partial charge on any atom is -0.592 e. The molecule has 0 N–H and O–H groups in total. The Hall–Kier alpha value is 0.945. The highest BCUT2D eigenvalue weighted by Gasteiger charge is 2.40. The molecular formula is C5H12Al2O3. The molecule has 0 unspecified atom stereocenters. The Kier molecular flexibility index (Phi) is 2.83.